The van der Waals surface area contributed by atoms with Gasteiger partial charge in [-0.1, -0.05) is 12.1 Å². The molecule has 0 spiro atoms. The molecule has 0 unspecified atom stereocenters. The van der Waals surface area contributed by atoms with Crippen molar-refractivity contribution in [2.75, 3.05) is 6.61 Å². The molecular formula is C13H16O8. The summed E-state index contributed by atoms with van der Waals surface area (Å²) in [4.78, 5) is 11.9. The van der Waals surface area contributed by atoms with Crippen LogP contribution in [0.4, 0.5) is 0 Å². The van der Waals surface area contributed by atoms with Crippen molar-refractivity contribution in [1.29, 1.82) is 0 Å². The van der Waals surface area contributed by atoms with Crippen LogP contribution in [0.15, 0.2) is 24.3 Å². The molecule has 0 aromatic heterocycles. The summed E-state index contributed by atoms with van der Waals surface area (Å²) in [6.07, 6.45) is -7.63. The van der Waals surface area contributed by atoms with Crippen molar-refractivity contribution >= 4 is 5.97 Å². The van der Waals surface area contributed by atoms with Crippen molar-refractivity contribution in [3.8, 4) is 5.75 Å². The first-order chi connectivity index (χ1) is 9.95. The third kappa shape index (κ3) is 3.14. The largest absolute Gasteiger partial charge is 0.507 e. The number of benzene rings is 1. The van der Waals surface area contributed by atoms with Crippen LogP contribution < -0.4 is 0 Å². The Balaban J connectivity index is 2.16. The van der Waals surface area contributed by atoms with Crippen molar-refractivity contribution < 1.29 is 39.8 Å². The van der Waals surface area contributed by atoms with E-state index < -0.39 is 43.3 Å². The van der Waals surface area contributed by atoms with E-state index in [0.29, 0.717) is 0 Å². The zero-order valence-electron chi connectivity index (χ0n) is 10.9. The highest BCUT2D eigenvalue weighted by Gasteiger charge is 2.46. The molecule has 8 nitrogen and oxygen atoms in total. The first-order valence-corrected chi connectivity index (χ1v) is 6.25. The highest BCUT2D eigenvalue weighted by Crippen LogP contribution is 2.25. The Morgan fingerprint density at radius 3 is 2.48 bits per heavy atom. The van der Waals surface area contributed by atoms with E-state index in [0.717, 1.165) is 0 Å². The van der Waals surface area contributed by atoms with E-state index in [9.17, 15) is 25.2 Å². The highest BCUT2D eigenvalue weighted by molar-refractivity contribution is 5.92. The number of phenolic OH excluding ortho intramolecular Hbond substituents is 1. The Morgan fingerprint density at radius 2 is 1.86 bits per heavy atom. The topological polar surface area (TPSA) is 137 Å². The number of phenols is 1. The van der Waals surface area contributed by atoms with E-state index >= 15 is 0 Å². The second-order valence-electron chi connectivity index (χ2n) is 4.62. The maximum Gasteiger partial charge on any atom is 0.342 e. The Kier molecular flexibility index (Phi) is 4.76. The van der Waals surface area contributed by atoms with E-state index in [1.54, 1.807) is 0 Å². The minimum Gasteiger partial charge on any atom is -0.507 e. The first-order valence-electron chi connectivity index (χ1n) is 6.25. The van der Waals surface area contributed by atoms with Gasteiger partial charge in [0.15, 0.2) is 12.4 Å². The second kappa shape index (κ2) is 6.37. The van der Waals surface area contributed by atoms with Crippen molar-refractivity contribution in [1.82, 2.24) is 0 Å². The molecule has 0 bridgehead atoms. The molecule has 21 heavy (non-hydrogen) atoms. The summed E-state index contributed by atoms with van der Waals surface area (Å²) in [6.45, 7) is -0.629. The minimum absolute atomic E-state index is 0.154. The lowest BCUT2D eigenvalue weighted by atomic mass is 9.99. The summed E-state index contributed by atoms with van der Waals surface area (Å²) in [6, 6.07) is 5.59. The van der Waals surface area contributed by atoms with E-state index in [2.05, 4.69) is 0 Å². The van der Waals surface area contributed by atoms with Crippen LogP contribution in [0.2, 0.25) is 0 Å². The van der Waals surface area contributed by atoms with Crippen molar-refractivity contribution in [3.63, 3.8) is 0 Å². The molecule has 5 atom stereocenters. The lowest BCUT2D eigenvalue weighted by molar-refractivity contribution is -0.285. The number of aliphatic hydroxyl groups is 4. The SMILES string of the molecule is O=C(O[C@@H]1[C@@H](O)[C@@H](O)O[C@H](CO)[C@H]1O)c1ccccc1O. The average Bonchev–Trinajstić information content (AvgIpc) is 2.47. The van der Waals surface area contributed by atoms with E-state index in [-0.39, 0.29) is 11.3 Å². The van der Waals surface area contributed by atoms with Crippen LogP contribution in [-0.2, 0) is 9.47 Å². The molecule has 5 N–H and O–H groups in total. The average molecular weight is 300 g/mol. The van der Waals surface area contributed by atoms with Crippen LogP contribution in [0.5, 0.6) is 5.75 Å². The van der Waals surface area contributed by atoms with Gasteiger partial charge in [-0.25, -0.2) is 4.79 Å². The molecule has 1 aromatic carbocycles. The molecule has 1 saturated heterocycles. The predicted octanol–water partition coefficient (Wildman–Crippen LogP) is -1.65. The maximum absolute atomic E-state index is 11.9. The Bertz CT molecular complexity index is 505. The molecule has 0 radical (unpaired) electrons. The normalized spacial score (nSPS) is 32.7. The fourth-order valence-electron chi connectivity index (χ4n) is 2.04. The minimum atomic E-state index is -1.72. The smallest absolute Gasteiger partial charge is 0.342 e. The molecule has 1 aromatic rings. The van der Waals surface area contributed by atoms with Crippen molar-refractivity contribution in [3.05, 3.63) is 29.8 Å². The quantitative estimate of drug-likeness (QED) is 0.419. The molecule has 0 saturated carbocycles. The highest BCUT2D eigenvalue weighted by atomic mass is 16.7. The third-order valence-electron chi connectivity index (χ3n) is 3.21. The lowest BCUT2D eigenvalue weighted by Crippen LogP contribution is -2.59. The second-order valence-corrected chi connectivity index (χ2v) is 4.62. The lowest BCUT2D eigenvalue weighted by Gasteiger charge is -2.39. The Labute approximate surface area is 119 Å². The first kappa shape index (κ1) is 15.7. The fourth-order valence-corrected chi connectivity index (χ4v) is 2.04. The van der Waals surface area contributed by atoms with E-state index in [1.807, 2.05) is 0 Å². The van der Waals surface area contributed by atoms with Crippen LogP contribution in [0.3, 0.4) is 0 Å². The van der Waals surface area contributed by atoms with Gasteiger partial charge in [-0.2, -0.15) is 0 Å². The number of aliphatic hydroxyl groups excluding tert-OH is 4. The number of carbonyl (C=O) groups excluding carboxylic acids is 1. The zero-order valence-corrected chi connectivity index (χ0v) is 10.9. The molecule has 0 amide bonds. The summed E-state index contributed by atoms with van der Waals surface area (Å²) in [7, 11) is 0. The van der Waals surface area contributed by atoms with Crippen molar-refractivity contribution in [2.24, 2.45) is 0 Å². The van der Waals surface area contributed by atoms with Gasteiger partial charge in [0.25, 0.3) is 0 Å². The Morgan fingerprint density at radius 1 is 1.19 bits per heavy atom. The number of carbonyl (C=O) groups is 1. The summed E-state index contributed by atoms with van der Waals surface area (Å²) in [5, 5.41) is 47.7. The summed E-state index contributed by atoms with van der Waals surface area (Å²) >= 11 is 0. The number of esters is 1. The molecular weight excluding hydrogens is 284 g/mol. The van der Waals surface area contributed by atoms with Crippen LogP contribution >= 0.6 is 0 Å². The number of para-hydroxylation sites is 1. The summed E-state index contributed by atoms with van der Waals surface area (Å²) < 4.78 is 9.70. The number of rotatable bonds is 3. The van der Waals surface area contributed by atoms with E-state index in [4.69, 9.17) is 14.6 Å². The monoisotopic (exact) mass is 300 g/mol. The molecule has 1 aliphatic rings. The van der Waals surface area contributed by atoms with Crippen LogP contribution in [-0.4, -0.2) is 68.8 Å². The van der Waals surface area contributed by atoms with Gasteiger partial charge in [-0.3, -0.25) is 0 Å². The molecule has 1 aliphatic heterocycles. The predicted molar refractivity (Wildman–Crippen MR) is 67.3 cm³/mol. The maximum atomic E-state index is 11.9. The molecule has 2 rings (SSSR count). The van der Waals surface area contributed by atoms with Crippen LogP contribution in [0, 0.1) is 0 Å². The van der Waals surface area contributed by atoms with Gasteiger partial charge in [-0.05, 0) is 12.1 Å². The molecule has 1 fully saturated rings. The van der Waals surface area contributed by atoms with Gasteiger partial charge in [0, 0.05) is 0 Å². The van der Waals surface area contributed by atoms with Crippen molar-refractivity contribution in [2.45, 2.75) is 30.7 Å². The number of ether oxygens (including phenoxy) is 2. The number of hydrogen-bond donors (Lipinski definition) is 5. The fraction of sp³-hybridized carbons (Fsp3) is 0.462. The molecule has 0 aliphatic carbocycles. The van der Waals surface area contributed by atoms with E-state index in [1.165, 1.54) is 24.3 Å². The third-order valence-corrected chi connectivity index (χ3v) is 3.21. The summed E-state index contributed by atoms with van der Waals surface area (Å²) in [5.74, 6) is -1.31. The number of hydrogen-bond acceptors (Lipinski definition) is 8. The van der Waals surface area contributed by atoms with Gasteiger partial charge in [-0.15, -0.1) is 0 Å². The van der Waals surface area contributed by atoms with Crippen LogP contribution in [0.25, 0.3) is 0 Å². The van der Waals surface area contributed by atoms with Crippen LogP contribution in [0.1, 0.15) is 10.4 Å². The molecule has 116 valence electrons. The van der Waals surface area contributed by atoms with Gasteiger partial charge in [0.1, 0.15) is 29.6 Å². The van der Waals surface area contributed by atoms with Gasteiger partial charge < -0.3 is 35.0 Å². The zero-order chi connectivity index (χ0) is 15.6. The summed E-state index contributed by atoms with van der Waals surface area (Å²) in [5.41, 5.74) is -0.154. The Hall–Kier alpha value is -1.71. The molecule has 8 heteroatoms. The van der Waals surface area contributed by atoms with Gasteiger partial charge in [0.2, 0.25) is 0 Å². The van der Waals surface area contributed by atoms with Gasteiger partial charge >= 0.3 is 5.97 Å². The van der Waals surface area contributed by atoms with Gasteiger partial charge in [0.05, 0.1) is 6.61 Å². The number of aromatic hydroxyl groups is 1. The molecule has 1 heterocycles. The standard InChI is InChI=1S/C13H16O8/c14-5-8-9(16)11(10(17)13(19)20-8)21-12(18)6-3-1-2-4-7(6)15/h1-4,8-11,13-17,19H,5H2/t8-,9-,10-,11+,13+/m1/s1.